The molecule has 0 heterocycles. The molecule has 0 bridgehead atoms. The summed E-state index contributed by atoms with van der Waals surface area (Å²) in [5, 5.41) is 3.85. The number of halogens is 1. The van der Waals surface area contributed by atoms with E-state index in [4.69, 9.17) is 11.6 Å². The second-order valence-electron chi connectivity index (χ2n) is 4.95. The van der Waals surface area contributed by atoms with Crippen molar-refractivity contribution in [1.82, 2.24) is 5.32 Å². The topological polar surface area (TPSA) is 29.1 Å². The fourth-order valence-electron chi connectivity index (χ4n) is 1.30. The summed E-state index contributed by atoms with van der Waals surface area (Å²) in [5.41, 5.74) is 0.942. The number of ketones is 1. The third kappa shape index (κ3) is 5.29. The SMILES string of the molecule is CC(C)(C)NCC(=O)Cc1cccc(Cl)c1. The van der Waals surface area contributed by atoms with Crippen LogP contribution in [0.25, 0.3) is 0 Å². The van der Waals surface area contributed by atoms with E-state index in [9.17, 15) is 4.79 Å². The van der Waals surface area contributed by atoms with Gasteiger partial charge in [-0.1, -0.05) is 23.7 Å². The smallest absolute Gasteiger partial charge is 0.150 e. The highest BCUT2D eigenvalue weighted by atomic mass is 35.5. The van der Waals surface area contributed by atoms with E-state index in [1.54, 1.807) is 0 Å². The van der Waals surface area contributed by atoms with Gasteiger partial charge in [0, 0.05) is 17.0 Å². The number of benzene rings is 1. The van der Waals surface area contributed by atoms with Gasteiger partial charge in [-0.25, -0.2) is 0 Å². The summed E-state index contributed by atoms with van der Waals surface area (Å²) in [5.74, 6) is 0.178. The maximum absolute atomic E-state index is 11.7. The van der Waals surface area contributed by atoms with Crippen molar-refractivity contribution in [2.75, 3.05) is 6.54 Å². The minimum absolute atomic E-state index is 0.0238. The number of Topliss-reactive ketones (excluding diaryl/α,β-unsaturated/α-hetero) is 1. The Morgan fingerprint density at radius 3 is 2.62 bits per heavy atom. The van der Waals surface area contributed by atoms with E-state index in [0.717, 1.165) is 5.56 Å². The largest absolute Gasteiger partial charge is 0.305 e. The zero-order valence-electron chi connectivity index (χ0n) is 10.0. The van der Waals surface area contributed by atoms with Crippen LogP contribution in [0.15, 0.2) is 24.3 Å². The van der Waals surface area contributed by atoms with Crippen LogP contribution in [0, 0.1) is 0 Å². The molecule has 88 valence electrons. The lowest BCUT2D eigenvalue weighted by Crippen LogP contribution is -2.39. The van der Waals surface area contributed by atoms with Crippen LogP contribution in [0.1, 0.15) is 26.3 Å². The van der Waals surface area contributed by atoms with Crippen LogP contribution >= 0.6 is 11.6 Å². The van der Waals surface area contributed by atoms with Crippen molar-refractivity contribution in [2.45, 2.75) is 32.7 Å². The summed E-state index contributed by atoms with van der Waals surface area (Å²) in [6, 6.07) is 7.42. The lowest BCUT2D eigenvalue weighted by atomic mass is 10.1. The number of nitrogens with one attached hydrogen (secondary N) is 1. The summed E-state index contributed by atoms with van der Waals surface area (Å²) in [7, 11) is 0. The predicted octanol–water partition coefficient (Wildman–Crippen LogP) is 2.84. The van der Waals surface area contributed by atoms with E-state index in [0.29, 0.717) is 18.0 Å². The zero-order valence-corrected chi connectivity index (χ0v) is 10.8. The first-order valence-electron chi connectivity index (χ1n) is 5.38. The quantitative estimate of drug-likeness (QED) is 0.876. The minimum Gasteiger partial charge on any atom is -0.305 e. The first kappa shape index (κ1) is 13.2. The Morgan fingerprint density at radius 2 is 2.06 bits per heavy atom. The Hall–Kier alpha value is -0.860. The van der Waals surface area contributed by atoms with Gasteiger partial charge in [0.1, 0.15) is 0 Å². The molecule has 0 radical (unpaired) electrons. The van der Waals surface area contributed by atoms with Crippen LogP contribution in [0.3, 0.4) is 0 Å². The summed E-state index contributed by atoms with van der Waals surface area (Å²) < 4.78 is 0. The lowest BCUT2D eigenvalue weighted by Gasteiger charge is -2.19. The molecular weight excluding hydrogens is 222 g/mol. The van der Waals surface area contributed by atoms with Crippen molar-refractivity contribution < 1.29 is 4.79 Å². The summed E-state index contributed by atoms with van der Waals surface area (Å²) >= 11 is 5.85. The van der Waals surface area contributed by atoms with Crippen molar-refractivity contribution in [3.8, 4) is 0 Å². The summed E-state index contributed by atoms with van der Waals surface area (Å²) in [4.78, 5) is 11.7. The molecule has 0 spiro atoms. The van der Waals surface area contributed by atoms with E-state index in [2.05, 4.69) is 5.32 Å². The molecule has 0 atom stereocenters. The van der Waals surface area contributed by atoms with Gasteiger partial charge in [0.2, 0.25) is 0 Å². The molecule has 1 aromatic rings. The highest BCUT2D eigenvalue weighted by Crippen LogP contribution is 2.11. The van der Waals surface area contributed by atoms with E-state index < -0.39 is 0 Å². The summed E-state index contributed by atoms with van der Waals surface area (Å²) in [6.07, 6.45) is 0.434. The third-order valence-corrected chi connectivity index (χ3v) is 2.34. The van der Waals surface area contributed by atoms with E-state index in [-0.39, 0.29) is 11.3 Å². The van der Waals surface area contributed by atoms with Crippen LogP contribution in [-0.2, 0) is 11.2 Å². The van der Waals surface area contributed by atoms with Gasteiger partial charge < -0.3 is 5.32 Å². The number of carbonyl (C=O) groups excluding carboxylic acids is 1. The summed E-state index contributed by atoms with van der Waals surface area (Å²) in [6.45, 7) is 6.52. The Morgan fingerprint density at radius 1 is 1.38 bits per heavy atom. The molecule has 2 nitrogen and oxygen atoms in total. The molecule has 0 aliphatic rings. The Balaban J connectivity index is 2.46. The predicted molar refractivity (Wildman–Crippen MR) is 67.9 cm³/mol. The van der Waals surface area contributed by atoms with Crippen LogP contribution in [0.5, 0.6) is 0 Å². The number of hydrogen-bond donors (Lipinski definition) is 1. The van der Waals surface area contributed by atoms with E-state index in [1.165, 1.54) is 0 Å². The molecule has 1 rings (SSSR count). The van der Waals surface area contributed by atoms with Crippen LogP contribution < -0.4 is 5.32 Å². The fourth-order valence-corrected chi connectivity index (χ4v) is 1.51. The molecule has 0 saturated carbocycles. The monoisotopic (exact) mass is 239 g/mol. The Labute approximate surface area is 102 Å². The van der Waals surface area contributed by atoms with Crippen molar-refractivity contribution >= 4 is 17.4 Å². The first-order valence-corrected chi connectivity index (χ1v) is 5.76. The zero-order chi connectivity index (χ0) is 12.2. The molecule has 0 aliphatic carbocycles. The molecule has 0 aromatic heterocycles. The fraction of sp³-hybridized carbons (Fsp3) is 0.462. The first-order chi connectivity index (χ1) is 7.37. The number of carbonyl (C=O) groups is 1. The molecule has 1 aromatic carbocycles. The van der Waals surface area contributed by atoms with Crippen molar-refractivity contribution in [1.29, 1.82) is 0 Å². The van der Waals surface area contributed by atoms with Gasteiger partial charge in [-0.15, -0.1) is 0 Å². The van der Waals surface area contributed by atoms with Crippen LogP contribution in [0.4, 0.5) is 0 Å². The van der Waals surface area contributed by atoms with Gasteiger partial charge in [0.25, 0.3) is 0 Å². The van der Waals surface area contributed by atoms with Crippen molar-refractivity contribution in [2.24, 2.45) is 0 Å². The van der Waals surface area contributed by atoms with Crippen molar-refractivity contribution in [3.63, 3.8) is 0 Å². The van der Waals surface area contributed by atoms with Crippen LogP contribution in [0.2, 0.25) is 5.02 Å². The Kier molecular flexibility index (Phi) is 4.51. The molecule has 0 aliphatic heterocycles. The average Bonchev–Trinajstić information content (AvgIpc) is 2.14. The molecule has 0 fully saturated rings. The molecular formula is C13H18ClNO. The molecule has 0 saturated heterocycles. The van der Waals surface area contributed by atoms with Gasteiger partial charge in [0.05, 0.1) is 6.54 Å². The number of rotatable bonds is 4. The molecule has 1 N–H and O–H groups in total. The van der Waals surface area contributed by atoms with Gasteiger partial charge in [-0.05, 0) is 38.5 Å². The maximum Gasteiger partial charge on any atom is 0.150 e. The van der Waals surface area contributed by atoms with Crippen LogP contribution in [-0.4, -0.2) is 17.9 Å². The Bertz CT molecular complexity index is 368. The normalized spacial score (nSPS) is 11.5. The number of hydrogen-bond acceptors (Lipinski definition) is 2. The average molecular weight is 240 g/mol. The van der Waals surface area contributed by atoms with Gasteiger partial charge in [0.15, 0.2) is 5.78 Å². The molecule has 3 heteroatoms. The third-order valence-electron chi connectivity index (χ3n) is 2.11. The standard InChI is InChI=1S/C13H18ClNO/c1-13(2,3)15-9-12(16)8-10-5-4-6-11(14)7-10/h4-7,15H,8-9H2,1-3H3. The maximum atomic E-state index is 11.7. The molecule has 0 amide bonds. The van der Waals surface area contributed by atoms with Gasteiger partial charge >= 0.3 is 0 Å². The van der Waals surface area contributed by atoms with E-state index >= 15 is 0 Å². The van der Waals surface area contributed by atoms with Gasteiger partial charge in [-0.3, -0.25) is 4.79 Å². The molecule has 16 heavy (non-hydrogen) atoms. The van der Waals surface area contributed by atoms with Gasteiger partial charge in [-0.2, -0.15) is 0 Å². The van der Waals surface area contributed by atoms with E-state index in [1.807, 2.05) is 45.0 Å². The second kappa shape index (κ2) is 5.46. The highest BCUT2D eigenvalue weighted by molar-refractivity contribution is 6.30. The minimum atomic E-state index is -0.0238. The molecule has 0 unspecified atom stereocenters. The van der Waals surface area contributed by atoms with Crippen molar-refractivity contribution in [3.05, 3.63) is 34.9 Å². The lowest BCUT2D eigenvalue weighted by molar-refractivity contribution is -0.117. The second-order valence-corrected chi connectivity index (χ2v) is 5.39. The highest BCUT2D eigenvalue weighted by Gasteiger charge is 2.11.